The number of carbonyl (C=O) groups is 2. The molecule has 0 aliphatic heterocycles. The molecule has 3 unspecified atom stereocenters. The van der Waals surface area contributed by atoms with Gasteiger partial charge in [0, 0.05) is 18.6 Å². The first kappa shape index (κ1) is 13.9. The number of methoxy groups -OCH3 is 1. The van der Waals surface area contributed by atoms with Crippen molar-refractivity contribution in [2.24, 2.45) is 11.1 Å². The Balaban J connectivity index is 2.46. The molecule has 0 heterocycles. The van der Waals surface area contributed by atoms with Gasteiger partial charge >= 0.3 is 5.97 Å². The maximum Gasteiger partial charge on any atom is 0.305 e. The molecule has 1 amide bonds. The number of hydrogen-bond donors (Lipinski definition) is 3. The molecule has 98 valence electrons. The molecule has 17 heavy (non-hydrogen) atoms. The molecule has 0 aromatic rings. The summed E-state index contributed by atoms with van der Waals surface area (Å²) in [5, 5.41) is 11.3. The quantitative estimate of drug-likeness (QED) is 0.617. The molecule has 1 aliphatic carbocycles. The van der Waals surface area contributed by atoms with Gasteiger partial charge in [-0.2, -0.15) is 0 Å². The van der Waals surface area contributed by atoms with Gasteiger partial charge in [-0.05, 0) is 6.42 Å². The summed E-state index contributed by atoms with van der Waals surface area (Å²) in [6.07, 6.45) is 0.491. The fourth-order valence-corrected chi connectivity index (χ4v) is 2.09. The Bertz CT molecular complexity index is 317. The maximum absolute atomic E-state index is 11.6. The van der Waals surface area contributed by atoms with Crippen LogP contribution in [0.2, 0.25) is 0 Å². The van der Waals surface area contributed by atoms with Gasteiger partial charge in [-0.15, -0.1) is 0 Å². The van der Waals surface area contributed by atoms with Crippen LogP contribution >= 0.6 is 0 Å². The number of hydrogen-bond acceptors (Lipinski definition) is 4. The van der Waals surface area contributed by atoms with Crippen molar-refractivity contribution in [1.29, 1.82) is 0 Å². The minimum absolute atomic E-state index is 0.0141. The van der Waals surface area contributed by atoms with Gasteiger partial charge in [0.25, 0.3) is 0 Å². The van der Waals surface area contributed by atoms with Gasteiger partial charge in [0.15, 0.2) is 0 Å². The van der Waals surface area contributed by atoms with Gasteiger partial charge in [-0.3, -0.25) is 9.59 Å². The third-order valence-electron chi connectivity index (χ3n) is 3.51. The second kappa shape index (κ2) is 5.01. The van der Waals surface area contributed by atoms with Crippen molar-refractivity contribution in [3.05, 3.63) is 0 Å². The lowest BCUT2D eigenvalue weighted by Crippen LogP contribution is -2.63. The van der Waals surface area contributed by atoms with Crippen molar-refractivity contribution in [2.75, 3.05) is 7.11 Å². The Hall–Kier alpha value is -1.14. The third kappa shape index (κ3) is 2.95. The number of carboxylic acids is 1. The van der Waals surface area contributed by atoms with E-state index in [1.165, 1.54) is 0 Å². The number of aliphatic carboxylic acids is 1. The normalized spacial score (nSPS) is 28.0. The Morgan fingerprint density at radius 1 is 1.59 bits per heavy atom. The largest absolute Gasteiger partial charge is 0.481 e. The lowest BCUT2D eigenvalue weighted by Gasteiger charge is -2.51. The number of ether oxygens (including phenoxy) is 1. The minimum atomic E-state index is -1.07. The average molecular weight is 244 g/mol. The zero-order valence-electron chi connectivity index (χ0n) is 10.4. The monoisotopic (exact) mass is 244 g/mol. The number of rotatable bonds is 5. The molecule has 6 heteroatoms. The number of carbonyl (C=O) groups excluding carboxylic acids is 1. The molecule has 1 saturated carbocycles. The van der Waals surface area contributed by atoms with E-state index in [2.05, 4.69) is 5.32 Å². The van der Waals surface area contributed by atoms with Crippen molar-refractivity contribution in [3.8, 4) is 0 Å². The Labute approximate surface area is 101 Å². The molecule has 0 saturated heterocycles. The highest BCUT2D eigenvalue weighted by atomic mass is 16.5. The van der Waals surface area contributed by atoms with Gasteiger partial charge in [0.05, 0.1) is 18.6 Å². The molecular formula is C11H20N2O4. The van der Waals surface area contributed by atoms with Gasteiger partial charge in [-0.25, -0.2) is 0 Å². The number of nitrogens with two attached hydrogens (primary N) is 1. The molecule has 0 aromatic carbocycles. The summed E-state index contributed by atoms with van der Waals surface area (Å²) >= 11 is 0. The summed E-state index contributed by atoms with van der Waals surface area (Å²) in [5.74, 6) is -1.49. The van der Waals surface area contributed by atoms with Gasteiger partial charge in [-0.1, -0.05) is 13.8 Å². The summed E-state index contributed by atoms with van der Waals surface area (Å²) in [7, 11) is 1.64. The summed E-state index contributed by atoms with van der Waals surface area (Å²) in [6.45, 7) is 4.00. The molecule has 6 nitrogen and oxygen atoms in total. The van der Waals surface area contributed by atoms with E-state index in [4.69, 9.17) is 15.6 Å². The molecular weight excluding hydrogens is 224 g/mol. The Kier molecular flexibility index (Phi) is 4.11. The standard InChI is InChI=1S/C11H20N2O4/c1-11(2)7(5-8(11)17-3)13-10(16)6(12)4-9(14)15/h6-8H,4-5,12H2,1-3H3,(H,13,16)(H,14,15). The van der Waals surface area contributed by atoms with Crippen molar-refractivity contribution in [2.45, 2.75) is 44.9 Å². The fourth-order valence-electron chi connectivity index (χ4n) is 2.09. The summed E-state index contributed by atoms with van der Waals surface area (Å²) in [6, 6.07) is -1.01. The minimum Gasteiger partial charge on any atom is -0.481 e. The number of amides is 1. The van der Waals surface area contributed by atoms with Crippen molar-refractivity contribution in [3.63, 3.8) is 0 Å². The maximum atomic E-state index is 11.6. The van der Waals surface area contributed by atoms with E-state index in [1.807, 2.05) is 13.8 Å². The molecule has 0 spiro atoms. The Morgan fingerprint density at radius 3 is 2.59 bits per heavy atom. The first-order valence-electron chi connectivity index (χ1n) is 5.59. The van der Waals surface area contributed by atoms with Crippen LogP contribution in [0, 0.1) is 5.41 Å². The second-order valence-corrected chi connectivity index (χ2v) is 5.05. The molecule has 1 aliphatic rings. The van der Waals surface area contributed by atoms with Crippen LogP contribution in [0.4, 0.5) is 0 Å². The summed E-state index contributed by atoms with van der Waals surface area (Å²) in [4.78, 5) is 22.1. The van der Waals surface area contributed by atoms with Crippen LogP contribution in [0.15, 0.2) is 0 Å². The highest BCUT2D eigenvalue weighted by Gasteiger charge is 2.49. The molecule has 4 N–H and O–H groups in total. The van der Waals surface area contributed by atoms with Crippen molar-refractivity contribution in [1.82, 2.24) is 5.32 Å². The highest BCUT2D eigenvalue weighted by molar-refractivity contribution is 5.86. The van der Waals surface area contributed by atoms with Crippen LogP contribution in [0.5, 0.6) is 0 Å². The van der Waals surface area contributed by atoms with Crippen LogP contribution in [0.3, 0.4) is 0 Å². The van der Waals surface area contributed by atoms with E-state index in [-0.39, 0.29) is 24.0 Å². The van der Waals surface area contributed by atoms with Crippen molar-refractivity contribution >= 4 is 11.9 Å². The first-order chi connectivity index (χ1) is 7.78. The van der Waals surface area contributed by atoms with E-state index in [0.29, 0.717) is 0 Å². The van der Waals surface area contributed by atoms with E-state index < -0.39 is 17.9 Å². The number of carboxylic acid groups (broad SMARTS) is 1. The van der Waals surface area contributed by atoms with Crippen LogP contribution in [-0.2, 0) is 14.3 Å². The molecule has 1 fully saturated rings. The zero-order valence-corrected chi connectivity index (χ0v) is 10.4. The van der Waals surface area contributed by atoms with E-state index in [9.17, 15) is 9.59 Å². The van der Waals surface area contributed by atoms with E-state index in [1.54, 1.807) is 7.11 Å². The lowest BCUT2D eigenvalue weighted by atomic mass is 9.64. The summed E-state index contributed by atoms with van der Waals surface area (Å²) in [5.41, 5.74) is 5.33. The average Bonchev–Trinajstić information content (AvgIpc) is 2.22. The number of nitrogens with one attached hydrogen (secondary N) is 1. The molecule has 1 rings (SSSR count). The molecule has 0 aromatic heterocycles. The smallest absolute Gasteiger partial charge is 0.305 e. The van der Waals surface area contributed by atoms with Crippen LogP contribution in [0.25, 0.3) is 0 Å². The highest BCUT2D eigenvalue weighted by Crippen LogP contribution is 2.42. The second-order valence-electron chi connectivity index (χ2n) is 5.05. The van der Waals surface area contributed by atoms with E-state index >= 15 is 0 Å². The Morgan fingerprint density at radius 2 is 2.18 bits per heavy atom. The predicted octanol–water partition coefficient (Wildman–Crippen LogP) is -0.282. The lowest BCUT2D eigenvalue weighted by molar-refractivity contribution is -0.141. The topological polar surface area (TPSA) is 102 Å². The molecule has 3 atom stereocenters. The van der Waals surface area contributed by atoms with Crippen LogP contribution < -0.4 is 11.1 Å². The van der Waals surface area contributed by atoms with E-state index in [0.717, 1.165) is 6.42 Å². The van der Waals surface area contributed by atoms with Gasteiger partial charge < -0.3 is 20.9 Å². The van der Waals surface area contributed by atoms with Crippen LogP contribution in [0.1, 0.15) is 26.7 Å². The third-order valence-corrected chi connectivity index (χ3v) is 3.51. The van der Waals surface area contributed by atoms with Gasteiger partial charge in [0.2, 0.25) is 5.91 Å². The molecule has 0 bridgehead atoms. The van der Waals surface area contributed by atoms with Gasteiger partial charge in [0.1, 0.15) is 0 Å². The predicted molar refractivity (Wildman–Crippen MR) is 61.4 cm³/mol. The molecule has 0 radical (unpaired) electrons. The SMILES string of the molecule is COC1CC(NC(=O)C(N)CC(=O)O)C1(C)C. The first-order valence-corrected chi connectivity index (χ1v) is 5.59. The fraction of sp³-hybridized carbons (Fsp3) is 0.818. The van der Waals surface area contributed by atoms with Crippen molar-refractivity contribution < 1.29 is 19.4 Å². The van der Waals surface area contributed by atoms with Crippen LogP contribution in [-0.4, -0.2) is 42.3 Å². The zero-order chi connectivity index (χ0) is 13.2. The summed E-state index contributed by atoms with van der Waals surface area (Å²) < 4.78 is 5.26.